The molecule has 80 valence electrons. The van der Waals surface area contributed by atoms with E-state index in [-0.39, 0.29) is 5.91 Å². The van der Waals surface area contributed by atoms with E-state index >= 15 is 0 Å². The Morgan fingerprint density at radius 2 is 1.93 bits per heavy atom. The third-order valence-corrected chi connectivity index (χ3v) is 3.19. The molecule has 0 aromatic carbocycles. The zero-order valence-electron chi connectivity index (χ0n) is 8.88. The molecule has 0 spiro atoms. The minimum Gasteiger partial charge on any atom is -0.352 e. The van der Waals surface area contributed by atoms with Crippen molar-refractivity contribution in [1.82, 2.24) is 10.6 Å². The highest BCUT2D eigenvalue weighted by atomic mass is 16.2. The van der Waals surface area contributed by atoms with Gasteiger partial charge in [-0.25, -0.2) is 0 Å². The molecule has 3 heteroatoms. The monoisotopic (exact) mass is 196 g/mol. The lowest BCUT2D eigenvalue weighted by atomic mass is 10.1. The minimum absolute atomic E-state index is 0.177. The van der Waals surface area contributed by atoms with Crippen molar-refractivity contribution in [3.63, 3.8) is 0 Å². The van der Waals surface area contributed by atoms with Gasteiger partial charge >= 0.3 is 0 Å². The molecule has 1 amide bonds. The van der Waals surface area contributed by atoms with Crippen molar-refractivity contribution in [2.75, 3.05) is 6.54 Å². The fourth-order valence-electron chi connectivity index (χ4n) is 2.14. The van der Waals surface area contributed by atoms with E-state index in [4.69, 9.17) is 0 Å². The zero-order valence-corrected chi connectivity index (χ0v) is 8.88. The maximum absolute atomic E-state index is 11.5. The molecule has 2 unspecified atom stereocenters. The van der Waals surface area contributed by atoms with Crippen LogP contribution in [0.3, 0.4) is 0 Å². The van der Waals surface area contributed by atoms with E-state index < -0.39 is 0 Å². The molecule has 0 aromatic rings. The summed E-state index contributed by atoms with van der Waals surface area (Å²) in [7, 11) is 0. The standard InChI is InChI=1S/C11H20N2O/c1-8-2-3-10(6-8)13-11(14)7-12-9-4-5-9/h8-10,12H,2-7H2,1H3,(H,13,14). The molecule has 0 saturated heterocycles. The van der Waals surface area contributed by atoms with Gasteiger partial charge in [0.2, 0.25) is 5.91 Å². The first kappa shape index (κ1) is 9.97. The van der Waals surface area contributed by atoms with Crippen LogP contribution in [0.5, 0.6) is 0 Å². The molecular weight excluding hydrogens is 176 g/mol. The van der Waals surface area contributed by atoms with Crippen LogP contribution < -0.4 is 10.6 Å². The van der Waals surface area contributed by atoms with E-state index in [1.54, 1.807) is 0 Å². The number of rotatable bonds is 4. The van der Waals surface area contributed by atoms with E-state index in [2.05, 4.69) is 17.6 Å². The van der Waals surface area contributed by atoms with Crippen LogP contribution in [0.15, 0.2) is 0 Å². The van der Waals surface area contributed by atoms with Crippen molar-refractivity contribution in [3.8, 4) is 0 Å². The van der Waals surface area contributed by atoms with Crippen LogP contribution in [0.2, 0.25) is 0 Å². The van der Waals surface area contributed by atoms with E-state index in [1.807, 2.05) is 0 Å². The quantitative estimate of drug-likeness (QED) is 0.705. The van der Waals surface area contributed by atoms with E-state index in [0.29, 0.717) is 18.6 Å². The highest BCUT2D eigenvalue weighted by molar-refractivity contribution is 5.78. The molecule has 0 heterocycles. The smallest absolute Gasteiger partial charge is 0.234 e. The van der Waals surface area contributed by atoms with Gasteiger partial charge in [-0.2, -0.15) is 0 Å². The first-order valence-electron chi connectivity index (χ1n) is 5.77. The van der Waals surface area contributed by atoms with Gasteiger partial charge in [0.1, 0.15) is 0 Å². The summed E-state index contributed by atoms with van der Waals surface area (Å²) in [6.45, 7) is 2.77. The molecule has 0 bridgehead atoms. The van der Waals surface area contributed by atoms with Crippen molar-refractivity contribution < 1.29 is 4.79 Å². The minimum atomic E-state index is 0.177. The van der Waals surface area contributed by atoms with Gasteiger partial charge in [-0.05, 0) is 38.0 Å². The second-order valence-electron chi connectivity index (χ2n) is 4.84. The van der Waals surface area contributed by atoms with Crippen molar-refractivity contribution >= 4 is 5.91 Å². The van der Waals surface area contributed by atoms with Crippen LogP contribution in [0.4, 0.5) is 0 Å². The summed E-state index contributed by atoms with van der Waals surface area (Å²) in [6, 6.07) is 1.07. The van der Waals surface area contributed by atoms with Crippen molar-refractivity contribution in [2.24, 2.45) is 5.92 Å². The molecule has 0 aliphatic heterocycles. The predicted molar refractivity (Wildman–Crippen MR) is 56.0 cm³/mol. The molecule has 0 aromatic heterocycles. The van der Waals surface area contributed by atoms with Crippen LogP contribution in [0.1, 0.15) is 39.0 Å². The molecular formula is C11H20N2O. The first-order chi connectivity index (χ1) is 6.74. The van der Waals surface area contributed by atoms with Crippen LogP contribution in [-0.4, -0.2) is 24.5 Å². The number of nitrogens with one attached hydrogen (secondary N) is 2. The Balaban J connectivity index is 1.61. The predicted octanol–water partition coefficient (Wildman–Crippen LogP) is 1.04. The first-order valence-corrected chi connectivity index (χ1v) is 5.77. The fourth-order valence-corrected chi connectivity index (χ4v) is 2.14. The molecule has 3 nitrogen and oxygen atoms in total. The molecule has 2 saturated carbocycles. The normalized spacial score (nSPS) is 31.8. The number of hydrogen-bond acceptors (Lipinski definition) is 2. The van der Waals surface area contributed by atoms with Gasteiger partial charge < -0.3 is 10.6 Å². The molecule has 2 aliphatic rings. The molecule has 0 radical (unpaired) electrons. The Morgan fingerprint density at radius 1 is 1.21 bits per heavy atom. The summed E-state index contributed by atoms with van der Waals surface area (Å²) in [5, 5.41) is 6.32. The Kier molecular flexibility index (Phi) is 3.06. The Labute approximate surface area is 85.6 Å². The Hall–Kier alpha value is -0.570. The number of carbonyl (C=O) groups excluding carboxylic acids is 1. The molecule has 2 N–H and O–H groups in total. The SMILES string of the molecule is CC1CCC(NC(=O)CNC2CC2)C1. The summed E-state index contributed by atoms with van der Waals surface area (Å²) < 4.78 is 0. The second-order valence-corrected chi connectivity index (χ2v) is 4.84. The van der Waals surface area contributed by atoms with Crippen LogP contribution in [-0.2, 0) is 4.79 Å². The highest BCUT2D eigenvalue weighted by Gasteiger charge is 2.24. The van der Waals surface area contributed by atoms with Gasteiger partial charge in [-0.1, -0.05) is 6.92 Å². The zero-order chi connectivity index (χ0) is 9.97. The van der Waals surface area contributed by atoms with Gasteiger partial charge in [-0.3, -0.25) is 4.79 Å². The maximum Gasteiger partial charge on any atom is 0.234 e. The van der Waals surface area contributed by atoms with Gasteiger partial charge in [0.05, 0.1) is 6.54 Å². The molecule has 2 rings (SSSR count). The summed E-state index contributed by atoms with van der Waals surface area (Å²) >= 11 is 0. The average molecular weight is 196 g/mol. The van der Waals surface area contributed by atoms with E-state index in [1.165, 1.54) is 19.3 Å². The molecule has 2 fully saturated rings. The summed E-state index contributed by atoms with van der Waals surface area (Å²) in [5.74, 6) is 0.965. The highest BCUT2D eigenvalue weighted by Crippen LogP contribution is 2.24. The van der Waals surface area contributed by atoms with Gasteiger partial charge in [0.15, 0.2) is 0 Å². The largest absolute Gasteiger partial charge is 0.352 e. The van der Waals surface area contributed by atoms with Crippen LogP contribution in [0.25, 0.3) is 0 Å². The molecule has 2 aliphatic carbocycles. The van der Waals surface area contributed by atoms with Crippen LogP contribution >= 0.6 is 0 Å². The van der Waals surface area contributed by atoms with Crippen molar-refractivity contribution in [1.29, 1.82) is 0 Å². The lowest BCUT2D eigenvalue weighted by molar-refractivity contribution is -0.120. The summed E-state index contributed by atoms with van der Waals surface area (Å²) in [6.07, 6.45) is 6.08. The van der Waals surface area contributed by atoms with Crippen molar-refractivity contribution in [2.45, 2.75) is 51.1 Å². The number of amides is 1. The maximum atomic E-state index is 11.5. The number of hydrogen-bond donors (Lipinski definition) is 2. The van der Waals surface area contributed by atoms with E-state index in [0.717, 1.165) is 18.8 Å². The summed E-state index contributed by atoms with van der Waals surface area (Å²) in [4.78, 5) is 11.5. The van der Waals surface area contributed by atoms with Gasteiger partial charge in [0, 0.05) is 12.1 Å². The lowest BCUT2D eigenvalue weighted by Crippen LogP contribution is -2.39. The third kappa shape index (κ3) is 2.98. The number of carbonyl (C=O) groups is 1. The van der Waals surface area contributed by atoms with Crippen molar-refractivity contribution in [3.05, 3.63) is 0 Å². The summed E-state index contributed by atoms with van der Waals surface area (Å²) in [5.41, 5.74) is 0. The topological polar surface area (TPSA) is 41.1 Å². The van der Waals surface area contributed by atoms with Crippen LogP contribution in [0, 0.1) is 5.92 Å². The molecule has 2 atom stereocenters. The molecule has 14 heavy (non-hydrogen) atoms. The van der Waals surface area contributed by atoms with E-state index in [9.17, 15) is 4.79 Å². The Morgan fingerprint density at radius 3 is 2.50 bits per heavy atom. The average Bonchev–Trinajstić information content (AvgIpc) is 2.88. The lowest BCUT2D eigenvalue weighted by Gasteiger charge is -2.12. The second kappa shape index (κ2) is 4.30. The fraction of sp³-hybridized carbons (Fsp3) is 0.909. The third-order valence-electron chi connectivity index (χ3n) is 3.19. The Bertz CT molecular complexity index is 213. The van der Waals surface area contributed by atoms with Gasteiger partial charge in [-0.15, -0.1) is 0 Å². The van der Waals surface area contributed by atoms with Gasteiger partial charge in [0.25, 0.3) is 0 Å².